The number of thiazole rings is 1. The Labute approximate surface area is 195 Å². The molecule has 0 radical (unpaired) electrons. The highest BCUT2D eigenvalue weighted by Crippen LogP contribution is 2.30. The number of carbonyl (C=O) groups excluding carboxylic acids is 1. The molecule has 1 amide bonds. The average molecular weight is 468 g/mol. The van der Waals surface area contributed by atoms with Crippen molar-refractivity contribution >= 4 is 17.2 Å². The van der Waals surface area contributed by atoms with E-state index in [1.807, 2.05) is 6.07 Å². The van der Waals surface area contributed by atoms with Crippen LogP contribution in [0.5, 0.6) is 0 Å². The van der Waals surface area contributed by atoms with Gasteiger partial charge < -0.3 is 20.7 Å². The zero-order valence-electron chi connectivity index (χ0n) is 18.3. The highest BCUT2D eigenvalue weighted by Gasteiger charge is 2.30. The van der Waals surface area contributed by atoms with Crippen LogP contribution in [0.3, 0.4) is 0 Å². The number of hydrogen-bond acceptors (Lipinski definition) is 6. The third kappa shape index (κ3) is 5.14. The number of hydrogen-bond donors (Lipinski definition) is 4. The molecule has 33 heavy (non-hydrogen) atoms. The number of carbonyl (C=O) groups is 1. The number of piperidine rings is 1. The van der Waals surface area contributed by atoms with Gasteiger partial charge in [0, 0.05) is 35.2 Å². The summed E-state index contributed by atoms with van der Waals surface area (Å²) in [6.07, 6.45) is 3.34. The Morgan fingerprint density at radius 3 is 2.94 bits per heavy atom. The van der Waals surface area contributed by atoms with Gasteiger partial charge in [0.15, 0.2) is 5.69 Å². The predicted molar refractivity (Wildman–Crippen MR) is 124 cm³/mol. The van der Waals surface area contributed by atoms with Crippen LogP contribution in [0.15, 0.2) is 30.3 Å². The maximum Gasteiger partial charge on any atom is 0.268 e. The van der Waals surface area contributed by atoms with E-state index in [9.17, 15) is 19.6 Å². The molecule has 0 bridgehead atoms. The molecule has 0 spiro atoms. The van der Waals surface area contributed by atoms with Crippen LogP contribution in [-0.2, 0) is 6.42 Å². The van der Waals surface area contributed by atoms with Gasteiger partial charge in [0.1, 0.15) is 22.6 Å². The first-order valence-electron chi connectivity index (χ1n) is 11.0. The molecule has 172 valence electrons. The van der Waals surface area contributed by atoms with E-state index in [2.05, 4.69) is 26.7 Å². The molecule has 1 fully saturated rings. The van der Waals surface area contributed by atoms with Gasteiger partial charge in [0.25, 0.3) is 5.91 Å². The smallest absolute Gasteiger partial charge is 0.268 e. The van der Waals surface area contributed by atoms with Crippen molar-refractivity contribution in [1.82, 2.24) is 20.6 Å². The molecule has 4 rings (SSSR count). The lowest BCUT2D eigenvalue weighted by atomic mass is 9.98. The Morgan fingerprint density at radius 2 is 2.24 bits per heavy atom. The number of halogens is 1. The van der Waals surface area contributed by atoms with Gasteiger partial charge >= 0.3 is 0 Å². The Balaban J connectivity index is 1.59. The van der Waals surface area contributed by atoms with Crippen LogP contribution in [-0.4, -0.2) is 40.2 Å². The molecule has 0 saturated carbocycles. The molecule has 3 heterocycles. The number of aromatic nitrogens is 2. The summed E-state index contributed by atoms with van der Waals surface area (Å²) in [7, 11) is 0. The van der Waals surface area contributed by atoms with Gasteiger partial charge in [0.2, 0.25) is 0 Å². The number of H-pyrrole nitrogens is 1. The highest BCUT2D eigenvalue weighted by atomic mass is 32.1. The number of aromatic amines is 1. The molecular weight excluding hydrogens is 441 g/mol. The number of rotatable bonds is 7. The maximum absolute atomic E-state index is 14.0. The van der Waals surface area contributed by atoms with Crippen LogP contribution in [0.25, 0.3) is 11.3 Å². The van der Waals surface area contributed by atoms with Crippen molar-refractivity contribution in [3.8, 4) is 17.3 Å². The second-order valence-electron chi connectivity index (χ2n) is 8.17. The molecule has 1 aromatic carbocycles. The molecule has 2 unspecified atom stereocenters. The number of aliphatic hydroxyl groups excluding tert-OH is 1. The molecule has 0 aliphatic carbocycles. The van der Waals surface area contributed by atoms with Crippen molar-refractivity contribution < 1.29 is 14.3 Å². The third-order valence-electron chi connectivity index (χ3n) is 5.88. The number of benzene rings is 1. The summed E-state index contributed by atoms with van der Waals surface area (Å²) in [6.45, 7) is 2.48. The fourth-order valence-electron chi connectivity index (χ4n) is 4.03. The first-order valence-corrected chi connectivity index (χ1v) is 11.8. The minimum absolute atomic E-state index is 0.0111. The van der Waals surface area contributed by atoms with Crippen molar-refractivity contribution in [2.45, 2.75) is 44.7 Å². The van der Waals surface area contributed by atoms with Crippen LogP contribution in [0, 0.1) is 24.1 Å². The Bertz CT molecular complexity index is 1180. The van der Waals surface area contributed by atoms with E-state index < -0.39 is 6.04 Å². The minimum atomic E-state index is -0.411. The van der Waals surface area contributed by atoms with Crippen molar-refractivity contribution in [3.05, 3.63) is 63.0 Å². The summed E-state index contributed by atoms with van der Waals surface area (Å²) in [6, 6.07) is 10.1. The quantitative estimate of drug-likeness (QED) is 0.424. The van der Waals surface area contributed by atoms with E-state index in [0.717, 1.165) is 25.8 Å². The van der Waals surface area contributed by atoms with Crippen LogP contribution >= 0.6 is 11.3 Å². The van der Waals surface area contributed by atoms with Crippen molar-refractivity contribution in [2.75, 3.05) is 13.2 Å². The summed E-state index contributed by atoms with van der Waals surface area (Å²) in [4.78, 5) is 21.4. The lowest BCUT2D eigenvalue weighted by Gasteiger charge is -2.30. The number of nitrogens with one attached hydrogen (secondary N) is 3. The van der Waals surface area contributed by atoms with E-state index in [4.69, 9.17) is 0 Å². The molecule has 4 N–H and O–H groups in total. The zero-order valence-corrected chi connectivity index (χ0v) is 19.1. The lowest BCUT2D eigenvalue weighted by molar-refractivity contribution is 0.0918. The zero-order chi connectivity index (χ0) is 23.4. The predicted octanol–water partition coefficient (Wildman–Crippen LogP) is 3.61. The van der Waals surface area contributed by atoms with E-state index >= 15 is 0 Å². The van der Waals surface area contributed by atoms with Crippen molar-refractivity contribution in [1.29, 1.82) is 5.26 Å². The SMILES string of the molecule is Cc1ccc(-c2ccc(C(=O)NC(c3nc(C#N)c(CCO)s3)C3CCCCN3)[nH]2)cc1F. The Kier molecular flexibility index (Phi) is 7.18. The topological polar surface area (TPSA) is 114 Å². The van der Waals surface area contributed by atoms with E-state index in [1.54, 1.807) is 25.1 Å². The van der Waals surface area contributed by atoms with E-state index in [-0.39, 0.29) is 24.4 Å². The Hall–Kier alpha value is -3.06. The first kappa shape index (κ1) is 23.1. The summed E-state index contributed by atoms with van der Waals surface area (Å²) in [5.74, 6) is -0.601. The molecule has 9 heteroatoms. The largest absolute Gasteiger partial charge is 0.396 e. The van der Waals surface area contributed by atoms with Gasteiger partial charge in [0.05, 0.1) is 6.04 Å². The van der Waals surface area contributed by atoms with Gasteiger partial charge in [-0.25, -0.2) is 9.37 Å². The highest BCUT2D eigenvalue weighted by molar-refractivity contribution is 7.11. The first-order chi connectivity index (χ1) is 16.0. The summed E-state index contributed by atoms with van der Waals surface area (Å²) in [5.41, 5.74) is 2.53. The van der Waals surface area contributed by atoms with Gasteiger partial charge in [-0.3, -0.25) is 4.79 Å². The van der Waals surface area contributed by atoms with E-state index in [0.29, 0.717) is 44.5 Å². The number of amides is 1. The molecule has 7 nitrogen and oxygen atoms in total. The fourth-order valence-corrected chi connectivity index (χ4v) is 5.16. The third-order valence-corrected chi connectivity index (χ3v) is 7.07. The number of aliphatic hydroxyl groups is 1. The summed E-state index contributed by atoms with van der Waals surface area (Å²) >= 11 is 1.35. The molecule has 2 aromatic heterocycles. The molecule has 2 atom stereocenters. The monoisotopic (exact) mass is 467 g/mol. The molecule has 1 saturated heterocycles. The molecule has 3 aromatic rings. The molecular formula is C24H26FN5O2S. The second-order valence-corrected chi connectivity index (χ2v) is 9.28. The van der Waals surface area contributed by atoms with Crippen molar-refractivity contribution in [3.63, 3.8) is 0 Å². The molecule has 1 aliphatic heterocycles. The van der Waals surface area contributed by atoms with Crippen LogP contribution in [0.1, 0.15) is 56.9 Å². The minimum Gasteiger partial charge on any atom is -0.396 e. The second kappa shape index (κ2) is 10.3. The van der Waals surface area contributed by atoms with Crippen LogP contribution < -0.4 is 10.6 Å². The lowest BCUT2D eigenvalue weighted by Crippen LogP contribution is -2.46. The summed E-state index contributed by atoms with van der Waals surface area (Å²) < 4.78 is 14.0. The normalized spacial score (nSPS) is 16.8. The molecule has 1 aliphatic rings. The fraction of sp³-hybridized carbons (Fsp3) is 0.375. The van der Waals surface area contributed by atoms with Crippen LogP contribution in [0.4, 0.5) is 4.39 Å². The van der Waals surface area contributed by atoms with Gasteiger partial charge in [-0.1, -0.05) is 18.6 Å². The van der Waals surface area contributed by atoms with Gasteiger partial charge in [-0.2, -0.15) is 5.26 Å². The maximum atomic E-state index is 14.0. The Morgan fingerprint density at radius 1 is 1.39 bits per heavy atom. The van der Waals surface area contributed by atoms with Crippen molar-refractivity contribution in [2.24, 2.45) is 0 Å². The summed E-state index contributed by atoms with van der Waals surface area (Å²) in [5, 5.41) is 25.9. The van der Waals surface area contributed by atoms with Gasteiger partial charge in [-0.05, 0) is 50.1 Å². The van der Waals surface area contributed by atoms with Crippen LogP contribution in [0.2, 0.25) is 0 Å². The number of aryl methyl sites for hydroxylation is 1. The number of nitriles is 1. The number of nitrogens with zero attached hydrogens (tertiary/aromatic N) is 2. The average Bonchev–Trinajstić information content (AvgIpc) is 3.48. The standard InChI is InChI=1S/C24H26FN5O2S/c1-14-5-6-15(12-16(14)25)17-7-8-19(28-17)23(32)30-22(18-4-2-3-10-27-18)24-29-20(13-26)21(33-24)9-11-31/h5-8,12,18,22,27-28,31H,2-4,9-11H2,1H3,(H,30,32). The van der Waals surface area contributed by atoms with E-state index in [1.165, 1.54) is 17.4 Å². The van der Waals surface area contributed by atoms with Gasteiger partial charge in [-0.15, -0.1) is 11.3 Å².